The molecule has 4 aliphatic rings. The molecule has 0 aromatic carbocycles. The van der Waals surface area contributed by atoms with Crippen molar-refractivity contribution in [2.75, 3.05) is 5.73 Å². The molecule has 2 heterocycles. The number of aromatic nitrogens is 3. The van der Waals surface area contributed by atoms with E-state index in [1.807, 2.05) is 6.20 Å². The normalized spacial score (nSPS) is 27.5. The highest BCUT2D eigenvalue weighted by molar-refractivity contribution is 5.64. The standard InChI is InChI=1S/C19H21F3N4O2/c20-19(21,22)28-15-6-12(7-24-17(15)23)13-8-26(14-5-9-3-11(14)4-9)18(25-13)16(27)10-1-2-10/h6-11,14,16,27H,1-5H2,(H2,23,24). The Bertz CT molecular complexity index is 903. The number of hydrogen-bond donors (Lipinski definition) is 2. The summed E-state index contributed by atoms with van der Waals surface area (Å²) in [6.45, 7) is 0. The van der Waals surface area contributed by atoms with Crippen LogP contribution in [0.1, 0.15) is 50.1 Å². The summed E-state index contributed by atoms with van der Waals surface area (Å²) in [5.41, 5.74) is 6.37. The molecule has 2 unspecified atom stereocenters. The van der Waals surface area contributed by atoms with Crippen molar-refractivity contribution in [3.8, 4) is 17.0 Å². The monoisotopic (exact) mass is 394 g/mol. The van der Waals surface area contributed by atoms with Gasteiger partial charge in [-0.2, -0.15) is 0 Å². The van der Waals surface area contributed by atoms with Gasteiger partial charge in [0.2, 0.25) is 0 Å². The fraction of sp³-hybridized carbons (Fsp3) is 0.579. The number of anilines is 1. The number of imidazole rings is 1. The van der Waals surface area contributed by atoms with E-state index in [0.29, 0.717) is 29.0 Å². The number of nitrogens with zero attached hydrogens (tertiary/aromatic N) is 3. The number of alkyl halides is 3. The zero-order valence-corrected chi connectivity index (χ0v) is 15.1. The summed E-state index contributed by atoms with van der Waals surface area (Å²) in [6.07, 6.45) is 3.09. The van der Waals surface area contributed by atoms with E-state index in [0.717, 1.165) is 25.2 Å². The molecule has 28 heavy (non-hydrogen) atoms. The molecule has 4 saturated carbocycles. The molecule has 0 spiro atoms. The van der Waals surface area contributed by atoms with Crippen LogP contribution in [-0.2, 0) is 0 Å². The molecule has 2 atom stereocenters. The minimum Gasteiger partial charge on any atom is -0.402 e. The van der Waals surface area contributed by atoms with Gasteiger partial charge in [0.1, 0.15) is 11.9 Å². The lowest BCUT2D eigenvalue weighted by molar-refractivity contribution is -0.274. The summed E-state index contributed by atoms with van der Waals surface area (Å²) in [5.74, 6) is 1.24. The SMILES string of the molecule is Nc1ncc(-c2cn(C3CC4CC3C4)c(C(O)C3CC3)n2)cc1OC(F)(F)F. The number of nitrogen functional groups attached to an aromatic ring is 1. The fourth-order valence-corrected chi connectivity index (χ4v) is 4.62. The van der Waals surface area contributed by atoms with Crippen LogP contribution in [0.2, 0.25) is 0 Å². The van der Waals surface area contributed by atoms with Gasteiger partial charge in [-0.05, 0) is 55.9 Å². The molecule has 0 saturated heterocycles. The molecule has 6 rings (SSSR count). The molecule has 2 aromatic rings. The molecule has 4 aliphatic carbocycles. The van der Waals surface area contributed by atoms with Gasteiger partial charge < -0.3 is 20.1 Å². The van der Waals surface area contributed by atoms with Crippen molar-refractivity contribution in [1.82, 2.24) is 14.5 Å². The number of halogens is 3. The van der Waals surface area contributed by atoms with Gasteiger partial charge in [0.05, 0.1) is 5.69 Å². The summed E-state index contributed by atoms with van der Waals surface area (Å²) in [7, 11) is 0. The average Bonchev–Trinajstić information content (AvgIpc) is 3.03. The molecule has 0 amide bonds. The number of pyridine rings is 1. The molecule has 0 radical (unpaired) electrons. The summed E-state index contributed by atoms with van der Waals surface area (Å²) in [5, 5.41) is 10.7. The van der Waals surface area contributed by atoms with E-state index in [1.165, 1.54) is 25.1 Å². The van der Waals surface area contributed by atoms with Crippen LogP contribution in [0, 0.1) is 17.8 Å². The number of fused-ring (bicyclic) bond motifs is 1. The van der Waals surface area contributed by atoms with Crippen LogP contribution < -0.4 is 10.5 Å². The van der Waals surface area contributed by atoms with E-state index in [-0.39, 0.29) is 11.7 Å². The number of hydrogen-bond acceptors (Lipinski definition) is 5. The molecule has 3 N–H and O–H groups in total. The first-order chi connectivity index (χ1) is 13.3. The van der Waals surface area contributed by atoms with Crippen molar-refractivity contribution in [2.45, 2.75) is 50.6 Å². The molecule has 9 heteroatoms. The van der Waals surface area contributed by atoms with Crippen molar-refractivity contribution < 1.29 is 23.0 Å². The van der Waals surface area contributed by atoms with Gasteiger partial charge in [-0.25, -0.2) is 9.97 Å². The number of ether oxygens (including phenoxy) is 1. The van der Waals surface area contributed by atoms with Crippen LogP contribution in [0.15, 0.2) is 18.5 Å². The van der Waals surface area contributed by atoms with Gasteiger partial charge in [-0.1, -0.05) is 0 Å². The lowest BCUT2D eigenvalue weighted by Gasteiger charge is -2.26. The van der Waals surface area contributed by atoms with E-state index in [2.05, 4.69) is 19.3 Å². The molecular weight excluding hydrogens is 373 g/mol. The third-order valence-electron chi connectivity index (χ3n) is 6.25. The number of rotatable bonds is 5. The predicted octanol–water partition coefficient (Wildman–Crippen LogP) is 3.84. The lowest BCUT2D eigenvalue weighted by atomic mass is 9.84. The zero-order valence-electron chi connectivity index (χ0n) is 15.1. The molecule has 150 valence electrons. The smallest absolute Gasteiger partial charge is 0.402 e. The maximum absolute atomic E-state index is 12.6. The van der Waals surface area contributed by atoms with E-state index in [9.17, 15) is 18.3 Å². The van der Waals surface area contributed by atoms with Gasteiger partial charge >= 0.3 is 6.36 Å². The minimum atomic E-state index is -4.86. The van der Waals surface area contributed by atoms with Gasteiger partial charge in [-0.15, -0.1) is 13.2 Å². The van der Waals surface area contributed by atoms with Crippen LogP contribution in [0.4, 0.5) is 19.0 Å². The molecule has 4 fully saturated rings. The largest absolute Gasteiger partial charge is 0.573 e. The Morgan fingerprint density at radius 2 is 2.00 bits per heavy atom. The fourth-order valence-electron chi connectivity index (χ4n) is 4.62. The first kappa shape index (κ1) is 17.8. The summed E-state index contributed by atoms with van der Waals surface area (Å²) in [4.78, 5) is 8.43. The van der Waals surface area contributed by atoms with E-state index >= 15 is 0 Å². The predicted molar refractivity (Wildman–Crippen MR) is 94.1 cm³/mol. The number of aliphatic hydroxyl groups is 1. The van der Waals surface area contributed by atoms with Gasteiger partial charge in [-0.3, -0.25) is 0 Å². The highest BCUT2D eigenvalue weighted by Crippen LogP contribution is 2.56. The summed E-state index contributed by atoms with van der Waals surface area (Å²) >= 11 is 0. The van der Waals surface area contributed by atoms with Crippen molar-refractivity contribution in [1.29, 1.82) is 0 Å². The highest BCUT2D eigenvalue weighted by Gasteiger charge is 2.47. The van der Waals surface area contributed by atoms with Crippen LogP contribution >= 0.6 is 0 Å². The maximum atomic E-state index is 12.6. The topological polar surface area (TPSA) is 86.2 Å². The Morgan fingerprint density at radius 1 is 1.25 bits per heavy atom. The quantitative estimate of drug-likeness (QED) is 0.805. The Hall–Kier alpha value is -2.29. The van der Waals surface area contributed by atoms with Gasteiger partial charge in [0, 0.05) is 24.0 Å². The molecule has 2 bridgehead atoms. The zero-order chi connectivity index (χ0) is 19.6. The summed E-state index contributed by atoms with van der Waals surface area (Å²) < 4.78 is 43.9. The third-order valence-corrected chi connectivity index (χ3v) is 6.25. The average molecular weight is 394 g/mol. The third kappa shape index (κ3) is 3.11. The lowest BCUT2D eigenvalue weighted by Crippen LogP contribution is -2.19. The Kier molecular flexibility index (Phi) is 3.88. The molecule has 6 nitrogen and oxygen atoms in total. The van der Waals surface area contributed by atoms with Gasteiger partial charge in [0.15, 0.2) is 11.6 Å². The maximum Gasteiger partial charge on any atom is 0.573 e. The first-order valence-corrected chi connectivity index (χ1v) is 9.57. The van der Waals surface area contributed by atoms with E-state index in [4.69, 9.17) is 5.73 Å². The van der Waals surface area contributed by atoms with Crippen LogP contribution in [0.5, 0.6) is 5.75 Å². The Morgan fingerprint density at radius 3 is 2.61 bits per heavy atom. The Labute approximate surface area is 159 Å². The van der Waals surface area contributed by atoms with Crippen LogP contribution in [0.3, 0.4) is 0 Å². The molecule has 2 aromatic heterocycles. The van der Waals surface area contributed by atoms with Crippen LogP contribution in [-0.4, -0.2) is 26.0 Å². The van der Waals surface area contributed by atoms with Crippen molar-refractivity contribution >= 4 is 5.82 Å². The number of nitrogens with two attached hydrogens (primary N) is 1. The Balaban J connectivity index is 1.52. The van der Waals surface area contributed by atoms with E-state index in [1.54, 1.807) is 0 Å². The van der Waals surface area contributed by atoms with Crippen molar-refractivity contribution in [3.63, 3.8) is 0 Å². The number of aliphatic hydroxyl groups excluding tert-OH is 1. The van der Waals surface area contributed by atoms with E-state index < -0.39 is 18.2 Å². The minimum absolute atomic E-state index is 0.207. The second-order valence-electron chi connectivity index (χ2n) is 8.23. The van der Waals surface area contributed by atoms with Gasteiger partial charge in [0.25, 0.3) is 0 Å². The van der Waals surface area contributed by atoms with Crippen molar-refractivity contribution in [2.24, 2.45) is 17.8 Å². The second-order valence-corrected chi connectivity index (χ2v) is 8.23. The second kappa shape index (κ2) is 6.10. The highest BCUT2D eigenvalue weighted by atomic mass is 19.4. The molecular formula is C19H21F3N4O2. The molecule has 0 aliphatic heterocycles. The van der Waals surface area contributed by atoms with Crippen molar-refractivity contribution in [3.05, 3.63) is 24.3 Å². The van der Waals surface area contributed by atoms with Crippen LogP contribution in [0.25, 0.3) is 11.3 Å². The summed E-state index contributed by atoms with van der Waals surface area (Å²) in [6, 6.07) is 1.49. The first-order valence-electron chi connectivity index (χ1n) is 9.57.